The number of carbonyl (C=O) groups excluding carboxylic acids is 2. The smallest absolute Gasteiger partial charge is 0.387 e. The van der Waals surface area contributed by atoms with Crippen LogP contribution in [0.15, 0.2) is 24.3 Å². The van der Waals surface area contributed by atoms with E-state index >= 15 is 0 Å². The number of ether oxygens (including phenoxy) is 2. The number of carbonyl (C=O) groups is 2. The van der Waals surface area contributed by atoms with E-state index in [1.165, 1.54) is 31.4 Å². The van der Waals surface area contributed by atoms with E-state index in [2.05, 4.69) is 20.1 Å². The number of unbranched alkanes of at least 4 members (excludes halogenated alkanes) is 1. The van der Waals surface area contributed by atoms with E-state index in [1.807, 2.05) is 0 Å². The van der Waals surface area contributed by atoms with E-state index in [0.717, 1.165) is 0 Å². The molecule has 0 spiro atoms. The second-order valence-corrected chi connectivity index (χ2v) is 4.32. The first-order valence-electron chi connectivity index (χ1n) is 6.68. The zero-order valence-corrected chi connectivity index (χ0v) is 12.1. The molecule has 0 saturated carbocycles. The summed E-state index contributed by atoms with van der Waals surface area (Å²) >= 11 is 0. The number of urea groups is 1. The summed E-state index contributed by atoms with van der Waals surface area (Å²) in [5.41, 5.74) is 0.452. The number of benzene rings is 1. The fraction of sp³-hybridized carbons (Fsp3) is 0.429. The third-order valence-corrected chi connectivity index (χ3v) is 2.66. The van der Waals surface area contributed by atoms with Crippen molar-refractivity contribution < 1.29 is 27.8 Å². The maximum atomic E-state index is 12.0. The molecule has 2 N–H and O–H groups in total. The average Bonchev–Trinajstić information content (AvgIpc) is 2.48. The summed E-state index contributed by atoms with van der Waals surface area (Å²) in [4.78, 5) is 22.4. The number of esters is 1. The second-order valence-electron chi connectivity index (χ2n) is 4.32. The number of nitrogens with one attached hydrogen (secondary N) is 2. The van der Waals surface area contributed by atoms with Crippen LogP contribution >= 0.6 is 0 Å². The Morgan fingerprint density at radius 3 is 2.45 bits per heavy atom. The molecule has 1 aromatic rings. The van der Waals surface area contributed by atoms with Crippen molar-refractivity contribution in [1.82, 2.24) is 5.32 Å². The second kappa shape index (κ2) is 9.54. The van der Waals surface area contributed by atoms with E-state index in [0.29, 0.717) is 31.5 Å². The lowest BCUT2D eigenvalue weighted by atomic mass is 10.2. The van der Waals surface area contributed by atoms with Crippen LogP contribution < -0.4 is 15.4 Å². The van der Waals surface area contributed by atoms with Crippen molar-refractivity contribution in [3.63, 3.8) is 0 Å². The van der Waals surface area contributed by atoms with Gasteiger partial charge < -0.3 is 20.1 Å². The molecule has 0 fully saturated rings. The first kappa shape index (κ1) is 17.7. The fourth-order valence-electron chi connectivity index (χ4n) is 1.59. The minimum absolute atomic E-state index is 0.0174. The van der Waals surface area contributed by atoms with Crippen molar-refractivity contribution in [3.05, 3.63) is 24.3 Å². The van der Waals surface area contributed by atoms with Crippen LogP contribution in [0.1, 0.15) is 19.3 Å². The van der Waals surface area contributed by atoms with Crippen LogP contribution in [0.2, 0.25) is 0 Å². The van der Waals surface area contributed by atoms with Gasteiger partial charge >= 0.3 is 18.6 Å². The van der Waals surface area contributed by atoms with Crippen LogP contribution in [0, 0.1) is 0 Å². The fourth-order valence-corrected chi connectivity index (χ4v) is 1.59. The molecule has 0 atom stereocenters. The van der Waals surface area contributed by atoms with Crippen molar-refractivity contribution in [2.45, 2.75) is 25.9 Å². The van der Waals surface area contributed by atoms with Crippen LogP contribution in [-0.2, 0) is 9.53 Å². The van der Waals surface area contributed by atoms with Crippen LogP contribution in [-0.4, -0.2) is 32.3 Å². The maximum absolute atomic E-state index is 12.0. The third kappa shape index (κ3) is 7.41. The molecule has 8 heteroatoms. The van der Waals surface area contributed by atoms with Gasteiger partial charge in [0.15, 0.2) is 0 Å². The van der Waals surface area contributed by atoms with E-state index in [-0.39, 0.29) is 11.7 Å². The Morgan fingerprint density at radius 2 is 1.86 bits per heavy atom. The molecule has 0 bridgehead atoms. The molecule has 0 unspecified atom stereocenters. The van der Waals surface area contributed by atoms with Crippen LogP contribution in [0.4, 0.5) is 19.3 Å². The van der Waals surface area contributed by atoms with Gasteiger partial charge in [-0.25, -0.2) is 4.79 Å². The lowest BCUT2D eigenvalue weighted by Crippen LogP contribution is -2.29. The summed E-state index contributed by atoms with van der Waals surface area (Å²) in [7, 11) is 1.33. The minimum Gasteiger partial charge on any atom is -0.469 e. The summed E-state index contributed by atoms with van der Waals surface area (Å²) in [6.45, 7) is -2.47. The first-order valence-corrected chi connectivity index (χ1v) is 6.68. The highest BCUT2D eigenvalue weighted by Crippen LogP contribution is 2.17. The molecular weight excluding hydrogens is 298 g/mol. The Bertz CT molecular complexity index is 480. The molecule has 2 amide bonds. The number of hydrogen-bond donors (Lipinski definition) is 2. The van der Waals surface area contributed by atoms with E-state index in [4.69, 9.17) is 0 Å². The SMILES string of the molecule is COC(=O)CCCCNC(=O)Nc1ccc(OC(F)F)cc1. The quantitative estimate of drug-likeness (QED) is 0.571. The van der Waals surface area contributed by atoms with Gasteiger partial charge in [-0.2, -0.15) is 8.78 Å². The zero-order valence-electron chi connectivity index (χ0n) is 12.1. The number of amides is 2. The lowest BCUT2D eigenvalue weighted by molar-refractivity contribution is -0.140. The van der Waals surface area contributed by atoms with Crippen molar-refractivity contribution in [2.75, 3.05) is 19.0 Å². The summed E-state index contributed by atoms with van der Waals surface area (Å²) < 4.78 is 32.6. The Hall–Kier alpha value is -2.38. The lowest BCUT2D eigenvalue weighted by Gasteiger charge is -2.08. The molecule has 0 aliphatic carbocycles. The van der Waals surface area contributed by atoms with Crippen molar-refractivity contribution in [1.29, 1.82) is 0 Å². The zero-order chi connectivity index (χ0) is 16.4. The third-order valence-electron chi connectivity index (χ3n) is 2.66. The summed E-state index contributed by atoms with van der Waals surface area (Å²) in [6, 6.07) is 5.15. The number of methoxy groups -OCH3 is 1. The highest BCUT2D eigenvalue weighted by Gasteiger charge is 2.05. The summed E-state index contributed by atoms with van der Waals surface area (Å²) in [5, 5.41) is 5.16. The van der Waals surface area contributed by atoms with Crippen LogP contribution in [0.3, 0.4) is 0 Å². The summed E-state index contributed by atoms with van der Waals surface area (Å²) in [6.07, 6.45) is 1.57. The topological polar surface area (TPSA) is 76.7 Å². The highest BCUT2D eigenvalue weighted by atomic mass is 19.3. The maximum Gasteiger partial charge on any atom is 0.387 e. The van der Waals surface area contributed by atoms with E-state index in [1.54, 1.807) is 0 Å². The molecule has 6 nitrogen and oxygen atoms in total. The molecule has 0 aliphatic rings. The highest BCUT2D eigenvalue weighted by molar-refractivity contribution is 5.89. The molecule has 0 aliphatic heterocycles. The molecule has 122 valence electrons. The summed E-state index contributed by atoms with van der Waals surface area (Å²) in [5.74, 6) is -0.265. The number of anilines is 1. The Balaban J connectivity index is 2.23. The Morgan fingerprint density at radius 1 is 1.18 bits per heavy atom. The molecule has 0 saturated heterocycles. The molecule has 0 radical (unpaired) electrons. The van der Waals surface area contributed by atoms with Gasteiger partial charge in [-0.1, -0.05) is 0 Å². The first-order chi connectivity index (χ1) is 10.5. The largest absolute Gasteiger partial charge is 0.469 e. The predicted octanol–water partition coefficient (Wildman–Crippen LogP) is 2.75. The molecule has 0 heterocycles. The van der Waals surface area contributed by atoms with Crippen molar-refractivity contribution in [2.24, 2.45) is 0 Å². The van der Waals surface area contributed by atoms with Crippen LogP contribution in [0.25, 0.3) is 0 Å². The van der Waals surface area contributed by atoms with Gasteiger partial charge in [0.25, 0.3) is 0 Å². The molecule has 1 rings (SSSR count). The van der Waals surface area contributed by atoms with Gasteiger partial charge in [0.2, 0.25) is 0 Å². The average molecular weight is 316 g/mol. The Kier molecular flexibility index (Phi) is 7.66. The van der Waals surface area contributed by atoms with E-state index in [9.17, 15) is 18.4 Å². The van der Waals surface area contributed by atoms with Gasteiger partial charge in [0, 0.05) is 18.7 Å². The Labute approximate surface area is 126 Å². The van der Waals surface area contributed by atoms with Crippen LogP contribution in [0.5, 0.6) is 5.75 Å². The molecule has 1 aromatic carbocycles. The van der Waals surface area contributed by atoms with Gasteiger partial charge in [-0.3, -0.25) is 4.79 Å². The number of halogens is 2. The predicted molar refractivity (Wildman–Crippen MR) is 76.0 cm³/mol. The van der Waals surface area contributed by atoms with E-state index < -0.39 is 12.6 Å². The normalized spacial score (nSPS) is 10.2. The molecular formula is C14H18F2N2O4. The number of rotatable bonds is 8. The van der Waals surface area contributed by atoms with Gasteiger partial charge in [0.05, 0.1) is 7.11 Å². The number of hydrogen-bond acceptors (Lipinski definition) is 4. The van der Waals surface area contributed by atoms with Crippen molar-refractivity contribution in [3.8, 4) is 5.75 Å². The van der Waals surface area contributed by atoms with Gasteiger partial charge in [0.1, 0.15) is 5.75 Å². The minimum atomic E-state index is -2.88. The van der Waals surface area contributed by atoms with Crippen molar-refractivity contribution >= 4 is 17.7 Å². The molecule has 0 aromatic heterocycles. The number of alkyl halides is 2. The van der Waals surface area contributed by atoms with Gasteiger partial charge in [-0.15, -0.1) is 0 Å². The van der Waals surface area contributed by atoms with Gasteiger partial charge in [-0.05, 0) is 37.1 Å². The monoisotopic (exact) mass is 316 g/mol. The molecule has 22 heavy (non-hydrogen) atoms. The standard InChI is InChI=1S/C14H18F2N2O4/c1-21-12(19)4-2-3-9-17-14(20)18-10-5-7-11(8-6-10)22-13(15)16/h5-8,13H,2-4,9H2,1H3,(H2,17,18,20).